The first-order valence-corrected chi connectivity index (χ1v) is 9.56. The molecule has 2 atom stereocenters. The van der Waals surface area contributed by atoms with Gasteiger partial charge in [0.1, 0.15) is 11.6 Å². The highest BCUT2D eigenvalue weighted by Crippen LogP contribution is 2.36. The van der Waals surface area contributed by atoms with Gasteiger partial charge < -0.3 is 10.2 Å². The van der Waals surface area contributed by atoms with E-state index in [1.165, 1.54) is 23.2 Å². The number of carbonyl (C=O) groups is 1. The molecule has 1 fully saturated rings. The van der Waals surface area contributed by atoms with Crippen LogP contribution in [0.4, 0.5) is 23.4 Å². The van der Waals surface area contributed by atoms with Crippen LogP contribution in [0, 0.1) is 11.7 Å². The summed E-state index contributed by atoms with van der Waals surface area (Å²) in [5.74, 6) is -1.15. The summed E-state index contributed by atoms with van der Waals surface area (Å²) in [5, 5.41) is 2.87. The molecule has 156 valence electrons. The molecular weight excluding hydrogens is 386 g/mol. The molecule has 1 aliphatic rings. The van der Waals surface area contributed by atoms with Crippen LogP contribution in [0.15, 0.2) is 42.6 Å². The number of hydrogen-bond donors (Lipinski definition) is 1. The predicted molar refractivity (Wildman–Crippen MR) is 102 cm³/mol. The minimum absolute atomic E-state index is 0.142. The van der Waals surface area contributed by atoms with Crippen LogP contribution in [0.2, 0.25) is 0 Å². The monoisotopic (exact) mass is 409 g/mol. The average molecular weight is 409 g/mol. The highest BCUT2D eigenvalue weighted by atomic mass is 19.4. The SMILES string of the molecule is CC(Cc1ccccc1F)NC(=O)C1CCCN(c2ncccc2C(F)(F)F)C1. The number of nitrogens with zero attached hydrogens (tertiary/aromatic N) is 2. The Kier molecular flexibility index (Phi) is 6.39. The minimum Gasteiger partial charge on any atom is -0.355 e. The number of rotatable bonds is 5. The van der Waals surface area contributed by atoms with Crippen molar-refractivity contribution >= 4 is 11.7 Å². The van der Waals surface area contributed by atoms with Gasteiger partial charge in [0.2, 0.25) is 5.91 Å². The van der Waals surface area contributed by atoms with Crippen LogP contribution in [-0.2, 0) is 17.4 Å². The van der Waals surface area contributed by atoms with Crippen molar-refractivity contribution in [1.82, 2.24) is 10.3 Å². The number of aromatic nitrogens is 1. The molecule has 2 aromatic rings. The van der Waals surface area contributed by atoms with Crippen LogP contribution in [0.3, 0.4) is 0 Å². The van der Waals surface area contributed by atoms with Gasteiger partial charge in [-0.05, 0) is 49.9 Å². The number of anilines is 1. The number of nitrogens with one attached hydrogen (secondary N) is 1. The Labute approximate surface area is 166 Å². The van der Waals surface area contributed by atoms with Crippen molar-refractivity contribution < 1.29 is 22.4 Å². The van der Waals surface area contributed by atoms with Crippen molar-refractivity contribution in [3.8, 4) is 0 Å². The Morgan fingerprint density at radius 1 is 1.28 bits per heavy atom. The maximum Gasteiger partial charge on any atom is 0.419 e. The maximum absolute atomic E-state index is 13.8. The zero-order valence-electron chi connectivity index (χ0n) is 16.0. The summed E-state index contributed by atoms with van der Waals surface area (Å²) in [6.07, 6.45) is -1.66. The van der Waals surface area contributed by atoms with Gasteiger partial charge in [0.05, 0.1) is 11.5 Å². The van der Waals surface area contributed by atoms with E-state index in [1.54, 1.807) is 25.1 Å². The summed E-state index contributed by atoms with van der Waals surface area (Å²) in [4.78, 5) is 18.1. The molecule has 0 radical (unpaired) electrons. The smallest absolute Gasteiger partial charge is 0.355 e. The topological polar surface area (TPSA) is 45.2 Å². The molecule has 4 nitrogen and oxygen atoms in total. The fourth-order valence-electron chi connectivity index (χ4n) is 3.66. The molecule has 0 aliphatic carbocycles. The predicted octanol–water partition coefficient (Wildman–Crippen LogP) is 4.20. The number of alkyl halides is 3. The van der Waals surface area contributed by atoms with Gasteiger partial charge in [-0.1, -0.05) is 18.2 Å². The van der Waals surface area contributed by atoms with E-state index in [0.717, 1.165) is 6.07 Å². The van der Waals surface area contributed by atoms with Gasteiger partial charge in [0, 0.05) is 25.3 Å². The molecule has 1 aromatic heterocycles. The second-order valence-electron chi connectivity index (χ2n) is 7.36. The molecule has 1 amide bonds. The van der Waals surface area contributed by atoms with Crippen molar-refractivity contribution in [3.63, 3.8) is 0 Å². The van der Waals surface area contributed by atoms with E-state index in [0.29, 0.717) is 31.4 Å². The largest absolute Gasteiger partial charge is 0.419 e. The third kappa shape index (κ3) is 5.25. The van der Waals surface area contributed by atoms with E-state index in [-0.39, 0.29) is 30.1 Å². The summed E-state index contributed by atoms with van der Waals surface area (Å²) in [5.41, 5.74) is -0.289. The van der Waals surface area contributed by atoms with Crippen LogP contribution in [0.1, 0.15) is 30.9 Å². The van der Waals surface area contributed by atoms with E-state index in [4.69, 9.17) is 0 Å². The van der Waals surface area contributed by atoms with E-state index in [9.17, 15) is 22.4 Å². The second-order valence-corrected chi connectivity index (χ2v) is 7.36. The molecule has 29 heavy (non-hydrogen) atoms. The lowest BCUT2D eigenvalue weighted by molar-refractivity contribution is -0.137. The molecule has 0 saturated carbocycles. The number of hydrogen-bond acceptors (Lipinski definition) is 3. The van der Waals surface area contributed by atoms with Gasteiger partial charge in [-0.3, -0.25) is 4.79 Å². The van der Waals surface area contributed by atoms with Crippen molar-refractivity contribution in [3.05, 3.63) is 59.5 Å². The van der Waals surface area contributed by atoms with Gasteiger partial charge in [0.25, 0.3) is 0 Å². The van der Waals surface area contributed by atoms with Crippen LogP contribution in [0.25, 0.3) is 0 Å². The fraction of sp³-hybridized carbons (Fsp3) is 0.429. The van der Waals surface area contributed by atoms with Crippen molar-refractivity contribution in [2.75, 3.05) is 18.0 Å². The Bertz CT molecular complexity index is 856. The Morgan fingerprint density at radius 2 is 2.03 bits per heavy atom. The van der Waals surface area contributed by atoms with Crippen LogP contribution in [-0.4, -0.2) is 30.0 Å². The third-order valence-corrected chi connectivity index (χ3v) is 5.06. The quantitative estimate of drug-likeness (QED) is 0.753. The summed E-state index contributed by atoms with van der Waals surface area (Å²) < 4.78 is 53.7. The summed E-state index contributed by atoms with van der Waals surface area (Å²) >= 11 is 0. The zero-order valence-corrected chi connectivity index (χ0v) is 16.0. The number of amides is 1. The molecule has 1 aliphatic heterocycles. The summed E-state index contributed by atoms with van der Waals surface area (Å²) in [7, 11) is 0. The number of piperidine rings is 1. The van der Waals surface area contributed by atoms with Gasteiger partial charge in [-0.15, -0.1) is 0 Å². The van der Waals surface area contributed by atoms with Crippen molar-refractivity contribution in [2.24, 2.45) is 5.92 Å². The standard InChI is InChI=1S/C21H23F4N3O/c1-14(12-15-6-2-3-9-18(15)22)27-20(29)16-7-5-11-28(13-16)19-17(21(23,24)25)8-4-10-26-19/h2-4,6,8-10,14,16H,5,7,11-13H2,1H3,(H,27,29). The van der Waals surface area contributed by atoms with Gasteiger partial charge >= 0.3 is 6.18 Å². The average Bonchev–Trinajstić information content (AvgIpc) is 2.69. The van der Waals surface area contributed by atoms with Gasteiger partial charge in [-0.25, -0.2) is 9.37 Å². The first-order valence-electron chi connectivity index (χ1n) is 9.56. The Balaban J connectivity index is 1.65. The van der Waals surface area contributed by atoms with Gasteiger partial charge in [-0.2, -0.15) is 13.2 Å². The van der Waals surface area contributed by atoms with E-state index in [2.05, 4.69) is 10.3 Å². The lowest BCUT2D eigenvalue weighted by atomic mass is 9.96. The summed E-state index contributed by atoms with van der Waals surface area (Å²) in [6, 6.07) is 8.33. The molecule has 0 bridgehead atoms. The lowest BCUT2D eigenvalue weighted by Crippen LogP contribution is -2.46. The molecule has 1 saturated heterocycles. The first kappa shape index (κ1) is 21.1. The van der Waals surface area contributed by atoms with Crippen LogP contribution >= 0.6 is 0 Å². The fourth-order valence-corrected chi connectivity index (χ4v) is 3.66. The number of pyridine rings is 1. The minimum atomic E-state index is -4.51. The zero-order chi connectivity index (χ0) is 21.0. The number of halogens is 4. The first-order chi connectivity index (χ1) is 13.8. The molecule has 8 heteroatoms. The highest BCUT2D eigenvalue weighted by Gasteiger charge is 2.37. The molecule has 2 unspecified atom stereocenters. The molecule has 1 aromatic carbocycles. The highest BCUT2D eigenvalue weighted by molar-refractivity contribution is 5.80. The van der Waals surface area contributed by atoms with E-state index in [1.807, 2.05) is 0 Å². The van der Waals surface area contributed by atoms with E-state index < -0.39 is 17.7 Å². The van der Waals surface area contributed by atoms with Crippen molar-refractivity contribution in [1.29, 1.82) is 0 Å². The van der Waals surface area contributed by atoms with Crippen LogP contribution in [0.5, 0.6) is 0 Å². The third-order valence-electron chi connectivity index (χ3n) is 5.06. The molecule has 0 spiro atoms. The summed E-state index contributed by atoms with van der Waals surface area (Å²) in [6.45, 7) is 2.36. The second kappa shape index (κ2) is 8.80. The van der Waals surface area contributed by atoms with Gasteiger partial charge in [0.15, 0.2) is 0 Å². The Morgan fingerprint density at radius 3 is 2.76 bits per heavy atom. The Hall–Kier alpha value is -2.64. The lowest BCUT2D eigenvalue weighted by Gasteiger charge is -2.34. The molecule has 2 heterocycles. The number of carbonyl (C=O) groups excluding carboxylic acids is 1. The van der Waals surface area contributed by atoms with E-state index >= 15 is 0 Å². The molecule has 1 N–H and O–H groups in total. The normalized spacial score (nSPS) is 18.4. The molecular formula is C21H23F4N3O. The number of benzene rings is 1. The maximum atomic E-state index is 13.8. The van der Waals surface area contributed by atoms with Crippen LogP contribution < -0.4 is 10.2 Å². The molecule has 3 rings (SSSR count). The van der Waals surface area contributed by atoms with Crippen molar-refractivity contribution in [2.45, 2.75) is 38.4 Å².